The van der Waals surface area contributed by atoms with Crippen LogP contribution in [0.2, 0.25) is 0 Å². The number of phenols is 1. The highest BCUT2D eigenvalue weighted by Gasteiger charge is 2.34. The van der Waals surface area contributed by atoms with Crippen LogP contribution in [0.4, 0.5) is 0 Å². The molecule has 1 aliphatic rings. The average molecular weight is 451 g/mol. The van der Waals surface area contributed by atoms with Gasteiger partial charge in [0.15, 0.2) is 0 Å². The molecule has 0 fully saturated rings. The molecule has 3 aromatic carbocycles. The second kappa shape index (κ2) is 8.09. The van der Waals surface area contributed by atoms with Gasteiger partial charge in [0.25, 0.3) is 5.91 Å². The van der Waals surface area contributed by atoms with Crippen LogP contribution in [0.5, 0.6) is 11.5 Å². The third kappa shape index (κ3) is 3.89. The van der Waals surface area contributed by atoms with Gasteiger partial charge in [-0.2, -0.15) is 5.10 Å². The lowest BCUT2D eigenvalue weighted by molar-refractivity contribution is 0.0711. The number of hydrazone groups is 1. The molecule has 1 amide bonds. The summed E-state index contributed by atoms with van der Waals surface area (Å²) in [5, 5.41) is 16.6. The number of amides is 1. The maximum Gasteiger partial charge on any atom is 0.274 e. The van der Waals surface area contributed by atoms with Gasteiger partial charge >= 0.3 is 0 Å². The molecule has 1 heterocycles. The standard InChI is InChI=1S/C23H19BrN2O3/c1-29-18-11-12-19(22(27)13-18)20-14-21(15-7-9-17(24)10-8-15)26(25-20)23(28)16-5-3-2-4-6-16/h2-13,21,27H,14H2,1H3/t21-/m1/s1. The Hall–Kier alpha value is -3.12. The SMILES string of the molecule is COc1ccc(C2=NN(C(=O)c3ccccc3)[C@@H](c3ccc(Br)cc3)C2)c(O)c1. The van der Waals surface area contributed by atoms with Crippen molar-refractivity contribution in [3.63, 3.8) is 0 Å². The number of ether oxygens (including phenoxy) is 1. The van der Waals surface area contributed by atoms with E-state index in [1.165, 1.54) is 5.01 Å². The first-order chi connectivity index (χ1) is 14.1. The largest absolute Gasteiger partial charge is 0.507 e. The normalized spacial score (nSPS) is 15.9. The van der Waals surface area contributed by atoms with Crippen molar-refractivity contribution >= 4 is 27.5 Å². The van der Waals surface area contributed by atoms with E-state index in [1.807, 2.05) is 42.5 Å². The number of halogens is 1. The van der Waals surface area contributed by atoms with Crippen LogP contribution in [0.3, 0.4) is 0 Å². The average Bonchev–Trinajstić information content (AvgIpc) is 3.19. The van der Waals surface area contributed by atoms with Gasteiger partial charge in [-0.05, 0) is 42.0 Å². The van der Waals surface area contributed by atoms with E-state index in [2.05, 4.69) is 21.0 Å². The Kier molecular flexibility index (Phi) is 5.36. The molecule has 1 atom stereocenters. The fourth-order valence-corrected chi connectivity index (χ4v) is 3.66. The summed E-state index contributed by atoms with van der Waals surface area (Å²) in [5.74, 6) is 0.458. The smallest absolute Gasteiger partial charge is 0.274 e. The van der Waals surface area contributed by atoms with Crippen molar-refractivity contribution < 1.29 is 14.6 Å². The Bertz CT molecular complexity index is 1070. The summed E-state index contributed by atoms with van der Waals surface area (Å²) < 4.78 is 6.13. The number of rotatable bonds is 4. The predicted octanol–water partition coefficient (Wildman–Crippen LogP) is 5.15. The van der Waals surface area contributed by atoms with Crippen LogP contribution in [0.1, 0.15) is 33.9 Å². The van der Waals surface area contributed by atoms with Crippen molar-refractivity contribution in [1.29, 1.82) is 0 Å². The molecular weight excluding hydrogens is 432 g/mol. The van der Waals surface area contributed by atoms with Crippen LogP contribution >= 0.6 is 15.9 Å². The molecule has 4 rings (SSSR count). The molecule has 0 spiro atoms. The fourth-order valence-electron chi connectivity index (χ4n) is 3.40. The van der Waals surface area contributed by atoms with E-state index in [4.69, 9.17) is 4.74 Å². The highest BCUT2D eigenvalue weighted by atomic mass is 79.9. The zero-order chi connectivity index (χ0) is 20.4. The van der Waals surface area contributed by atoms with E-state index >= 15 is 0 Å². The van der Waals surface area contributed by atoms with Crippen molar-refractivity contribution in [2.45, 2.75) is 12.5 Å². The minimum Gasteiger partial charge on any atom is -0.507 e. The molecule has 0 radical (unpaired) electrons. The van der Waals surface area contributed by atoms with Crippen LogP contribution in [-0.4, -0.2) is 28.8 Å². The number of phenolic OH excluding ortho intramolecular Hbond substituents is 1. The lowest BCUT2D eigenvalue weighted by atomic mass is 9.97. The molecule has 0 bridgehead atoms. The zero-order valence-corrected chi connectivity index (χ0v) is 17.3. The fraction of sp³-hybridized carbons (Fsp3) is 0.130. The highest BCUT2D eigenvalue weighted by Crippen LogP contribution is 2.37. The van der Waals surface area contributed by atoms with Crippen LogP contribution < -0.4 is 4.74 Å². The Labute approximate surface area is 177 Å². The summed E-state index contributed by atoms with van der Waals surface area (Å²) in [6, 6.07) is 21.8. The first-order valence-corrected chi connectivity index (χ1v) is 9.95. The molecule has 0 aliphatic carbocycles. The first kappa shape index (κ1) is 19.2. The molecule has 3 aromatic rings. The third-order valence-electron chi connectivity index (χ3n) is 4.91. The number of methoxy groups -OCH3 is 1. The molecule has 29 heavy (non-hydrogen) atoms. The number of carbonyl (C=O) groups is 1. The quantitative estimate of drug-likeness (QED) is 0.597. The van der Waals surface area contributed by atoms with Gasteiger partial charge in [0.2, 0.25) is 0 Å². The van der Waals surface area contributed by atoms with Gasteiger partial charge in [0.1, 0.15) is 11.5 Å². The lowest BCUT2D eigenvalue weighted by Gasteiger charge is -2.22. The second-order valence-electron chi connectivity index (χ2n) is 6.72. The van der Waals surface area contributed by atoms with E-state index in [9.17, 15) is 9.90 Å². The highest BCUT2D eigenvalue weighted by molar-refractivity contribution is 9.10. The van der Waals surface area contributed by atoms with Crippen molar-refractivity contribution in [2.75, 3.05) is 7.11 Å². The lowest BCUT2D eigenvalue weighted by Crippen LogP contribution is -2.27. The van der Waals surface area contributed by atoms with Gasteiger partial charge in [-0.15, -0.1) is 0 Å². The molecule has 0 aromatic heterocycles. The first-order valence-electron chi connectivity index (χ1n) is 9.16. The molecule has 6 heteroatoms. The van der Waals surface area contributed by atoms with E-state index in [-0.39, 0.29) is 17.7 Å². The van der Waals surface area contributed by atoms with E-state index in [0.717, 1.165) is 10.0 Å². The number of aromatic hydroxyl groups is 1. The Morgan fingerprint density at radius 1 is 1.10 bits per heavy atom. The van der Waals surface area contributed by atoms with E-state index in [1.54, 1.807) is 37.4 Å². The summed E-state index contributed by atoms with van der Waals surface area (Å²) in [6.07, 6.45) is 0.500. The van der Waals surface area contributed by atoms with Gasteiger partial charge in [-0.1, -0.05) is 46.3 Å². The molecule has 0 saturated heterocycles. The van der Waals surface area contributed by atoms with Gasteiger partial charge < -0.3 is 9.84 Å². The van der Waals surface area contributed by atoms with Gasteiger partial charge in [0.05, 0.1) is 18.9 Å². The Morgan fingerprint density at radius 3 is 2.48 bits per heavy atom. The molecule has 1 N–H and O–H groups in total. The molecule has 5 nitrogen and oxygen atoms in total. The topological polar surface area (TPSA) is 62.1 Å². The van der Waals surface area contributed by atoms with Crippen LogP contribution in [-0.2, 0) is 0 Å². The number of carbonyl (C=O) groups excluding carboxylic acids is 1. The molecule has 0 saturated carbocycles. The van der Waals surface area contributed by atoms with E-state index < -0.39 is 0 Å². The second-order valence-corrected chi connectivity index (χ2v) is 7.63. The number of hydrogen-bond acceptors (Lipinski definition) is 4. The monoisotopic (exact) mass is 450 g/mol. The summed E-state index contributed by atoms with van der Waals surface area (Å²) in [4.78, 5) is 13.2. The van der Waals surface area contributed by atoms with Gasteiger partial charge in [-0.3, -0.25) is 4.79 Å². The van der Waals surface area contributed by atoms with Crippen LogP contribution in [0.15, 0.2) is 82.4 Å². The number of benzene rings is 3. The van der Waals surface area contributed by atoms with Crippen molar-refractivity contribution in [2.24, 2.45) is 5.10 Å². The maximum absolute atomic E-state index is 13.2. The Balaban J connectivity index is 1.74. The molecular formula is C23H19BrN2O3. The molecule has 1 aliphatic heterocycles. The Morgan fingerprint density at radius 2 is 1.83 bits per heavy atom. The van der Waals surface area contributed by atoms with Crippen molar-refractivity contribution in [1.82, 2.24) is 5.01 Å². The number of hydrogen-bond donors (Lipinski definition) is 1. The third-order valence-corrected chi connectivity index (χ3v) is 5.44. The van der Waals surface area contributed by atoms with Crippen LogP contribution in [0.25, 0.3) is 0 Å². The summed E-state index contributed by atoms with van der Waals surface area (Å²) in [7, 11) is 1.55. The summed E-state index contributed by atoms with van der Waals surface area (Å²) in [5.41, 5.74) is 2.79. The minimum atomic E-state index is -0.257. The number of nitrogens with zero attached hydrogens (tertiary/aromatic N) is 2. The van der Waals surface area contributed by atoms with Crippen molar-refractivity contribution in [3.05, 3.63) is 94.0 Å². The summed E-state index contributed by atoms with van der Waals surface area (Å²) in [6.45, 7) is 0. The minimum absolute atomic E-state index is 0.0756. The van der Waals surface area contributed by atoms with Gasteiger partial charge in [-0.25, -0.2) is 5.01 Å². The molecule has 146 valence electrons. The van der Waals surface area contributed by atoms with Crippen molar-refractivity contribution in [3.8, 4) is 11.5 Å². The van der Waals surface area contributed by atoms with Crippen LogP contribution in [0, 0.1) is 0 Å². The summed E-state index contributed by atoms with van der Waals surface area (Å²) >= 11 is 3.45. The zero-order valence-electron chi connectivity index (χ0n) is 15.7. The predicted molar refractivity (Wildman–Crippen MR) is 115 cm³/mol. The molecule has 0 unspecified atom stereocenters. The maximum atomic E-state index is 13.2. The van der Waals surface area contributed by atoms with E-state index in [0.29, 0.717) is 29.0 Å². The van der Waals surface area contributed by atoms with Gasteiger partial charge in [0, 0.05) is 28.1 Å².